The van der Waals surface area contributed by atoms with Crippen molar-refractivity contribution in [1.82, 2.24) is 0 Å². The standard InChI is InChI=1S/C32H50O5/c1-18(2)25-21(34)17-32(27(35)36)16-15-30(7)20(26(25)32)9-10-23-29(6)13-12-24(37-19(3)33)28(4,5)22(29)11-14-31(23,30)8/h18,20-24,34H,9-17H2,1-8H3,(H,35,36)/t20-,21?,22+,23-,24?,29+,30-,31?,32-/m1/s1. The Labute approximate surface area is 223 Å². The lowest BCUT2D eigenvalue weighted by molar-refractivity contribution is -0.233. The molecule has 5 aliphatic rings. The molecule has 0 aromatic rings. The van der Waals surface area contributed by atoms with Crippen molar-refractivity contribution >= 4 is 11.9 Å². The highest BCUT2D eigenvalue weighted by molar-refractivity contribution is 5.81. The van der Waals surface area contributed by atoms with E-state index in [4.69, 9.17) is 4.74 Å². The molecule has 5 rings (SSSR count). The number of fused-ring (bicyclic) bond motifs is 7. The van der Waals surface area contributed by atoms with Crippen molar-refractivity contribution in [2.75, 3.05) is 0 Å². The van der Waals surface area contributed by atoms with Gasteiger partial charge in [-0.15, -0.1) is 0 Å². The summed E-state index contributed by atoms with van der Waals surface area (Å²) in [5, 5.41) is 21.7. The summed E-state index contributed by atoms with van der Waals surface area (Å²) in [5.74, 6) is 0.532. The summed E-state index contributed by atoms with van der Waals surface area (Å²) in [7, 11) is 0. The number of hydrogen-bond acceptors (Lipinski definition) is 4. The van der Waals surface area contributed by atoms with E-state index in [2.05, 4.69) is 48.5 Å². The van der Waals surface area contributed by atoms with Gasteiger partial charge in [0.1, 0.15) is 6.10 Å². The zero-order chi connectivity index (χ0) is 27.3. The third-order valence-electron chi connectivity index (χ3n) is 13.3. The number of aliphatic hydroxyl groups excluding tert-OH is 1. The Hall–Kier alpha value is -1.36. The number of aliphatic carboxylic acids is 1. The van der Waals surface area contributed by atoms with Crippen LogP contribution >= 0.6 is 0 Å². The number of esters is 1. The monoisotopic (exact) mass is 514 g/mol. The van der Waals surface area contributed by atoms with Gasteiger partial charge in [-0.1, -0.05) is 48.5 Å². The molecule has 0 saturated heterocycles. The van der Waals surface area contributed by atoms with Crippen molar-refractivity contribution in [2.24, 2.45) is 50.7 Å². The molecular weight excluding hydrogens is 464 g/mol. The summed E-state index contributed by atoms with van der Waals surface area (Å²) in [6.45, 7) is 18.0. The van der Waals surface area contributed by atoms with Gasteiger partial charge in [-0.3, -0.25) is 9.59 Å². The quantitative estimate of drug-likeness (QED) is 0.320. The molecule has 5 heteroatoms. The van der Waals surface area contributed by atoms with Gasteiger partial charge in [0.15, 0.2) is 0 Å². The molecule has 0 aromatic heterocycles. The number of carbonyl (C=O) groups is 2. The number of rotatable bonds is 3. The average Bonchev–Trinajstić information content (AvgIpc) is 3.09. The fourth-order valence-electron chi connectivity index (χ4n) is 11.5. The van der Waals surface area contributed by atoms with E-state index in [1.807, 2.05) is 0 Å². The Balaban J connectivity index is 1.56. The van der Waals surface area contributed by atoms with E-state index in [0.29, 0.717) is 24.7 Å². The van der Waals surface area contributed by atoms with Crippen LogP contribution in [0.1, 0.15) is 113 Å². The van der Waals surface area contributed by atoms with Crippen LogP contribution in [0.25, 0.3) is 0 Å². The summed E-state index contributed by atoms with van der Waals surface area (Å²) in [6.07, 6.45) is 7.63. The van der Waals surface area contributed by atoms with E-state index in [9.17, 15) is 19.8 Å². The molecule has 5 aliphatic carbocycles. The zero-order valence-electron chi connectivity index (χ0n) is 24.4. The molecule has 2 N–H and O–H groups in total. The van der Waals surface area contributed by atoms with E-state index in [1.54, 1.807) is 0 Å². The SMILES string of the molecule is CC(=O)OC1CC[C@@]2(C)[C@@H](CCC3(C)[C@@H]2CC[C@@H]2C4=C(C(C)C)C(O)C[C@]4(C(=O)O)CC[C@]23C)C1(C)C. The fourth-order valence-corrected chi connectivity index (χ4v) is 11.5. The zero-order valence-corrected chi connectivity index (χ0v) is 24.4. The molecule has 4 fully saturated rings. The van der Waals surface area contributed by atoms with Crippen LogP contribution in [-0.4, -0.2) is 34.4 Å². The molecule has 37 heavy (non-hydrogen) atoms. The minimum atomic E-state index is -0.891. The third kappa shape index (κ3) is 3.37. The minimum absolute atomic E-state index is 0.0132. The first-order valence-corrected chi connectivity index (χ1v) is 14.9. The Morgan fingerprint density at radius 3 is 2.16 bits per heavy atom. The van der Waals surface area contributed by atoms with E-state index >= 15 is 0 Å². The summed E-state index contributed by atoms with van der Waals surface area (Å²) in [4.78, 5) is 24.7. The smallest absolute Gasteiger partial charge is 0.313 e. The number of carbonyl (C=O) groups excluding carboxylic acids is 1. The first-order valence-electron chi connectivity index (χ1n) is 14.9. The Morgan fingerprint density at radius 2 is 1.57 bits per heavy atom. The molecule has 0 amide bonds. The number of carboxylic acids is 1. The molecule has 0 aromatic carbocycles. The first kappa shape index (κ1) is 27.2. The normalized spacial score (nSPS) is 48.5. The molecule has 0 bridgehead atoms. The van der Waals surface area contributed by atoms with E-state index < -0.39 is 17.5 Å². The van der Waals surface area contributed by atoms with Crippen molar-refractivity contribution in [1.29, 1.82) is 0 Å². The van der Waals surface area contributed by atoms with Crippen LogP contribution in [0.2, 0.25) is 0 Å². The van der Waals surface area contributed by atoms with Crippen molar-refractivity contribution in [3.05, 3.63) is 11.1 Å². The van der Waals surface area contributed by atoms with Crippen molar-refractivity contribution in [3.63, 3.8) is 0 Å². The molecule has 9 atom stereocenters. The number of aliphatic hydroxyl groups is 1. The van der Waals surface area contributed by atoms with Crippen LogP contribution < -0.4 is 0 Å². The summed E-state index contributed by atoms with van der Waals surface area (Å²) < 4.78 is 5.87. The van der Waals surface area contributed by atoms with Crippen LogP contribution in [0.15, 0.2) is 11.1 Å². The fraction of sp³-hybridized carbons (Fsp3) is 0.875. The minimum Gasteiger partial charge on any atom is -0.481 e. The lowest BCUT2D eigenvalue weighted by atomic mass is 9.33. The van der Waals surface area contributed by atoms with Crippen molar-refractivity contribution in [3.8, 4) is 0 Å². The van der Waals surface area contributed by atoms with Gasteiger partial charge in [0.05, 0.1) is 11.5 Å². The third-order valence-corrected chi connectivity index (χ3v) is 13.3. The highest BCUT2D eigenvalue weighted by atomic mass is 16.5. The summed E-state index contributed by atoms with van der Waals surface area (Å²) in [5.41, 5.74) is 1.49. The molecule has 4 saturated carbocycles. The number of ether oxygens (including phenoxy) is 1. The maximum Gasteiger partial charge on any atom is 0.313 e. The molecule has 5 nitrogen and oxygen atoms in total. The molecule has 0 spiro atoms. The maximum absolute atomic E-state index is 12.8. The predicted octanol–water partition coefficient (Wildman–Crippen LogP) is 6.78. The van der Waals surface area contributed by atoms with Gasteiger partial charge in [0, 0.05) is 12.3 Å². The van der Waals surface area contributed by atoms with Crippen LogP contribution in [-0.2, 0) is 14.3 Å². The van der Waals surface area contributed by atoms with Gasteiger partial charge in [0.25, 0.3) is 0 Å². The second kappa shape index (κ2) is 8.32. The molecule has 0 heterocycles. The lowest BCUT2D eigenvalue weighted by Crippen LogP contribution is -2.66. The summed E-state index contributed by atoms with van der Waals surface area (Å²) in [6, 6.07) is 0. The van der Waals surface area contributed by atoms with Gasteiger partial charge in [-0.25, -0.2) is 0 Å². The predicted molar refractivity (Wildman–Crippen MR) is 144 cm³/mol. The van der Waals surface area contributed by atoms with E-state index in [0.717, 1.165) is 56.1 Å². The van der Waals surface area contributed by atoms with Crippen LogP contribution in [0.4, 0.5) is 0 Å². The van der Waals surface area contributed by atoms with Gasteiger partial charge < -0.3 is 14.9 Å². The van der Waals surface area contributed by atoms with E-state index in [1.165, 1.54) is 6.92 Å². The van der Waals surface area contributed by atoms with Gasteiger partial charge in [-0.05, 0) is 109 Å². The Morgan fingerprint density at radius 1 is 0.892 bits per heavy atom. The molecule has 0 radical (unpaired) electrons. The molecule has 0 aliphatic heterocycles. The molecule has 3 unspecified atom stereocenters. The Kier molecular flexibility index (Phi) is 6.12. The van der Waals surface area contributed by atoms with Crippen molar-refractivity contribution < 1.29 is 24.5 Å². The number of carboxylic acid groups (broad SMARTS) is 1. The second-order valence-electron chi connectivity index (χ2n) is 15.2. The average molecular weight is 515 g/mol. The van der Waals surface area contributed by atoms with E-state index in [-0.39, 0.29) is 45.6 Å². The highest BCUT2D eigenvalue weighted by Gasteiger charge is 2.71. The van der Waals surface area contributed by atoms with Crippen LogP contribution in [0.3, 0.4) is 0 Å². The maximum atomic E-state index is 12.8. The topological polar surface area (TPSA) is 83.8 Å². The largest absolute Gasteiger partial charge is 0.481 e. The van der Waals surface area contributed by atoms with Gasteiger partial charge in [0.2, 0.25) is 0 Å². The molecular formula is C32H50O5. The van der Waals surface area contributed by atoms with Crippen LogP contribution in [0.5, 0.6) is 0 Å². The van der Waals surface area contributed by atoms with Gasteiger partial charge >= 0.3 is 11.9 Å². The highest BCUT2D eigenvalue weighted by Crippen LogP contribution is 2.76. The van der Waals surface area contributed by atoms with Crippen molar-refractivity contribution in [2.45, 2.75) is 125 Å². The first-order chi connectivity index (χ1) is 17.1. The lowest BCUT2D eigenvalue weighted by Gasteiger charge is -2.72. The summed E-state index contributed by atoms with van der Waals surface area (Å²) >= 11 is 0. The number of hydrogen-bond donors (Lipinski definition) is 2. The Bertz CT molecular complexity index is 1030. The van der Waals surface area contributed by atoms with Crippen LogP contribution in [0, 0.1) is 50.7 Å². The molecule has 208 valence electrons. The second-order valence-corrected chi connectivity index (χ2v) is 15.2. The van der Waals surface area contributed by atoms with Gasteiger partial charge in [-0.2, -0.15) is 0 Å².